The Kier molecular flexibility index (Phi) is 3.86. The van der Waals surface area contributed by atoms with Crippen molar-refractivity contribution in [2.45, 2.75) is 19.4 Å². The number of hydrogen-bond donors (Lipinski definition) is 1. The van der Waals surface area contributed by atoms with Crippen LogP contribution in [0.5, 0.6) is 5.75 Å². The number of phenols is 1. The fourth-order valence-electron chi connectivity index (χ4n) is 2.57. The van der Waals surface area contributed by atoms with Gasteiger partial charge >= 0.3 is 0 Å². The standard InChI is InChI=1S/C17H15ClN2O2/c1-11(21)20-17(13-2-6-14(18)7-3-13)10-16(19-20)12-4-8-15(22)9-5-12/h2-9,17,22H,10H2,1H3/t17-/m1/s1. The number of halogens is 1. The van der Waals surface area contributed by atoms with Crippen molar-refractivity contribution in [2.24, 2.45) is 5.10 Å². The number of aromatic hydroxyl groups is 1. The van der Waals surface area contributed by atoms with E-state index < -0.39 is 0 Å². The molecule has 1 aliphatic rings. The number of carbonyl (C=O) groups is 1. The van der Waals surface area contributed by atoms with Crippen molar-refractivity contribution in [3.8, 4) is 5.75 Å². The van der Waals surface area contributed by atoms with E-state index in [1.165, 1.54) is 11.9 Å². The molecule has 3 rings (SSSR count). The van der Waals surface area contributed by atoms with E-state index in [0.717, 1.165) is 16.8 Å². The average Bonchev–Trinajstić information content (AvgIpc) is 2.94. The Morgan fingerprint density at radius 2 is 1.82 bits per heavy atom. The van der Waals surface area contributed by atoms with Gasteiger partial charge in [-0.1, -0.05) is 23.7 Å². The van der Waals surface area contributed by atoms with Crippen LogP contribution in [0.2, 0.25) is 5.02 Å². The Hall–Kier alpha value is -2.33. The van der Waals surface area contributed by atoms with Gasteiger partial charge in [-0.2, -0.15) is 5.10 Å². The summed E-state index contributed by atoms with van der Waals surface area (Å²) in [5.74, 6) is 0.105. The lowest BCUT2D eigenvalue weighted by atomic mass is 9.98. The third kappa shape index (κ3) is 2.83. The highest BCUT2D eigenvalue weighted by Crippen LogP contribution is 2.33. The largest absolute Gasteiger partial charge is 0.508 e. The molecular formula is C17H15ClN2O2. The fourth-order valence-corrected chi connectivity index (χ4v) is 2.70. The van der Waals surface area contributed by atoms with Crippen molar-refractivity contribution < 1.29 is 9.90 Å². The van der Waals surface area contributed by atoms with Crippen LogP contribution < -0.4 is 0 Å². The SMILES string of the molecule is CC(=O)N1N=C(c2ccc(O)cc2)C[C@@H]1c1ccc(Cl)cc1. The minimum Gasteiger partial charge on any atom is -0.508 e. The summed E-state index contributed by atoms with van der Waals surface area (Å²) < 4.78 is 0. The molecule has 0 bridgehead atoms. The fraction of sp³-hybridized carbons (Fsp3) is 0.176. The van der Waals surface area contributed by atoms with Crippen LogP contribution in [0.25, 0.3) is 0 Å². The van der Waals surface area contributed by atoms with Crippen LogP contribution in [-0.2, 0) is 4.79 Å². The van der Waals surface area contributed by atoms with E-state index in [4.69, 9.17) is 11.6 Å². The van der Waals surface area contributed by atoms with E-state index in [1.54, 1.807) is 24.3 Å². The van der Waals surface area contributed by atoms with Crippen LogP contribution in [-0.4, -0.2) is 21.7 Å². The second-order valence-corrected chi connectivity index (χ2v) is 5.67. The lowest BCUT2D eigenvalue weighted by molar-refractivity contribution is -0.130. The van der Waals surface area contributed by atoms with Gasteiger partial charge in [-0.15, -0.1) is 0 Å². The molecule has 0 aromatic heterocycles. The zero-order valence-corrected chi connectivity index (χ0v) is 12.8. The average molecular weight is 315 g/mol. The predicted molar refractivity (Wildman–Crippen MR) is 86.0 cm³/mol. The molecule has 0 radical (unpaired) electrons. The summed E-state index contributed by atoms with van der Waals surface area (Å²) in [6, 6.07) is 14.2. The molecule has 2 aromatic rings. The first-order valence-electron chi connectivity index (χ1n) is 6.97. The maximum absolute atomic E-state index is 11.9. The lowest BCUT2D eigenvalue weighted by Crippen LogP contribution is -2.24. The van der Waals surface area contributed by atoms with E-state index >= 15 is 0 Å². The third-order valence-corrected chi connectivity index (χ3v) is 3.94. The van der Waals surface area contributed by atoms with Gasteiger partial charge in [-0.05, 0) is 47.5 Å². The number of carbonyl (C=O) groups excluding carboxylic acids is 1. The second kappa shape index (κ2) is 5.81. The van der Waals surface area contributed by atoms with Crippen molar-refractivity contribution in [2.75, 3.05) is 0 Å². The maximum atomic E-state index is 11.9. The van der Waals surface area contributed by atoms with E-state index in [2.05, 4.69) is 5.10 Å². The van der Waals surface area contributed by atoms with Crippen molar-refractivity contribution in [1.29, 1.82) is 0 Å². The molecule has 0 spiro atoms. The molecule has 0 unspecified atom stereocenters. The van der Waals surface area contributed by atoms with Gasteiger partial charge in [-0.3, -0.25) is 4.79 Å². The first kappa shape index (κ1) is 14.6. The van der Waals surface area contributed by atoms with Crippen molar-refractivity contribution >= 4 is 23.2 Å². The number of hydrogen-bond acceptors (Lipinski definition) is 3. The Balaban J connectivity index is 1.92. The smallest absolute Gasteiger partial charge is 0.240 e. The molecular weight excluding hydrogens is 300 g/mol. The van der Waals surface area contributed by atoms with E-state index in [9.17, 15) is 9.90 Å². The van der Waals surface area contributed by atoms with Crippen LogP contribution in [0.3, 0.4) is 0 Å². The van der Waals surface area contributed by atoms with Crippen LogP contribution in [0.15, 0.2) is 53.6 Å². The van der Waals surface area contributed by atoms with Gasteiger partial charge in [0, 0.05) is 18.4 Å². The van der Waals surface area contributed by atoms with E-state index in [-0.39, 0.29) is 17.7 Å². The first-order chi connectivity index (χ1) is 10.5. The first-order valence-corrected chi connectivity index (χ1v) is 7.34. The van der Waals surface area contributed by atoms with Gasteiger partial charge < -0.3 is 5.11 Å². The number of rotatable bonds is 2. The van der Waals surface area contributed by atoms with Crippen LogP contribution in [0.4, 0.5) is 0 Å². The minimum absolute atomic E-state index is 0.103. The van der Waals surface area contributed by atoms with E-state index in [0.29, 0.717) is 11.4 Å². The monoisotopic (exact) mass is 314 g/mol. The van der Waals surface area contributed by atoms with Gasteiger partial charge in [-0.25, -0.2) is 5.01 Å². The maximum Gasteiger partial charge on any atom is 0.240 e. The number of benzene rings is 2. The summed E-state index contributed by atoms with van der Waals surface area (Å²) in [6.45, 7) is 1.51. The molecule has 0 fully saturated rings. The predicted octanol–water partition coefficient (Wildman–Crippen LogP) is 3.74. The molecule has 1 N–H and O–H groups in total. The van der Waals surface area contributed by atoms with Gasteiger partial charge in [0.25, 0.3) is 0 Å². The number of phenolic OH excluding ortho intramolecular Hbond substituents is 1. The molecule has 2 aromatic carbocycles. The number of hydrazone groups is 1. The zero-order chi connectivity index (χ0) is 15.7. The minimum atomic E-state index is -0.126. The molecule has 1 heterocycles. The quantitative estimate of drug-likeness (QED) is 0.918. The number of amides is 1. The van der Waals surface area contributed by atoms with Gasteiger partial charge in [0.15, 0.2) is 0 Å². The molecule has 0 aliphatic carbocycles. The number of nitrogens with zero attached hydrogens (tertiary/aromatic N) is 2. The summed E-state index contributed by atoms with van der Waals surface area (Å²) in [4.78, 5) is 11.9. The van der Waals surface area contributed by atoms with Crippen molar-refractivity contribution in [3.05, 3.63) is 64.7 Å². The second-order valence-electron chi connectivity index (χ2n) is 5.23. The highest BCUT2D eigenvalue weighted by Gasteiger charge is 2.31. The molecule has 1 aliphatic heterocycles. The zero-order valence-electron chi connectivity index (χ0n) is 12.0. The van der Waals surface area contributed by atoms with Gasteiger partial charge in [0.1, 0.15) is 5.75 Å². The molecule has 4 nitrogen and oxygen atoms in total. The lowest BCUT2D eigenvalue weighted by Gasteiger charge is -2.20. The molecule has 1 amide bonds. The van der Waals surface area contributed by atoms with Crippen molar-refractivity contribution in [3.63, 3.8) is 0 Å². The topological polar surface area (TPSA) is 52.9 Å². The summed E-state index contributed by atoms with van der Waals surface area (Å²) in [7, 11) is 0. The normalized spacial score (nSPS) is 17.5. The Morgan fingerprint density at radius 3 is 2.41 bits per heavy atom. The molecule has 0 saturated carbocycles. The summed E-state index contributed by atoms with van der Waals surface area (Å²) in [6.07, 6.45) is 0.631. The summed E-state index contributed by atoms with van der Waals surface area (Å²) in [5.41, 5.74) is 2.73. The Labute approximate surface area is 133 Å². The molecule has 0 saturated heterocycles. The highest BCUT2D eigenvalue weighted by molar-refractivity contribution is 6.30. The third-order valence-electron chi connectivity index (χ3n) is 3.69. The van der Waals surface area contributed by atoms with Crippen LogP contribution in [0, 0.1) is 0 Å². The van der Waals surface area contributed by atoms with Crippen molar-refractivity contribution in [1.82, 2.24) is 5.01 Å². The molecule has 22 heavy (non-hydrogen) atoms. The van der Waals surface area contributed by atoms with Gasteiger partial charge in [0.05, 0.1) is 11.8 Å². The summed E-state index contributed by atoms with van der Waals surface area (Å²) >= 11 is 5.92. The highest BCUT2D eigenvalue weighted by atomic mass is 35.5. The summed E-state index contributed by atoms with van der Waals surface area (Å²) in [5, 5.41) is 16.0. The molecule has 1 atom stereocenters. The Morgan fingerprint density at radius 1 is 1.18 bits per heavy atom. The van der Waals surface area contributed by atoms with Crippen LogP contribution in [0.1, 0.15) is 30.5 Å². The molecule has 112 valence electrons. The molecule has 5 heteroatoms. The van der Waals surface area contributed by atoms with Crippen LogP contribution >= 0.6 is 11.6 Å². The van der Waals surface area contributed by atoms with E-state index in [1.807, 2.05) is 24.3 Å². The Bertz CT molecular complexity index is 723. The van der Waals surface area contributed by atoms with Gasteiger partial charge in [0.2, 0.25) is 5.91 Å².